The largest absolute Gasteiger partial charge is 0.352 e. The van der Waals surface area contributed by atoms with Crippen LogP contribution in [0.3, 0.4) is 0 Å². The number of rotatable bonds is 6. The molecule has 3 heteroatoms. The van der Waals surface area contributed by atoms with Gasteiger partial charge in [-0.15, -0.1) is 6.58 Å². The Labute approximate surface area is 122 Å². The predicted molar refractivity (Wildman–Crippen MR) is 81.3 cm³/mol. The molecule has 4 saturated carbocycles. The van der Waals surface area contributed by atoms with E-state index >= 15 is 0 Å². The van der Waals surface area contributed by atoms with Gasteiger partial charge in [0, 0.05) is 12.6 Å². The van der Waals surface area contributed by atoms with Gasteiger partial charge in [-0.2, -0.15) is 0 Å². The van der Waals surface area contributed by atoms with Crippen molar-refractivity contribution in [2.24, 2.45) is 23.2 Å². The van der Waals surface area contributed by atoms with Gasteiger partial charge in [0.25, 0.3) is 0 Å². The molecule has 4 fully saturated rings. The normalized spacial score (nSPS) is 39.5. The van der Waals surface area contributed by atoms with Crippen LogP contribution in [0, 0.1) is 23.2 Å². The second kappa shape index (κ2) is 5.51. The molecule has 0 aromatic rings. The quantitative estimate of drug-likeness (QED) is 0.578. The van der Waals surface area contributed by atoms with E-state index in [0.717, 1.165) is 17.8 Å². The summed E-state index contributed by atoms with van der Waals surface area (Å²) in [6.45, 7) is 6.98. The molecule has 1 unspecified atom stereocenters. The summed E-state index contributed by atoms with van der Waals surface area (Å²) in [5.74, 6) is 2.97. The van der Waals surface area contributed by atoms with Crippen LogP contribution in [-0.4, -0.2) is 25.0 Å². The monoisotopic (exact) mass is 276 g/mol. The van der Waals surface area contributed by atoms with Crippen LogP contribution in [0.25, 0.3) is 0 Å². The van der Waals surface area contributed by atoms with Crippen LogP contribution in [0.5, 0.6) is 0 Å². The second-order valence-corrected chi connectivity index (χ2v) is 7.49. The molecule has 0 radical (unpaired) electrons. The minimum absolute atomic E-state index is 0.134. The van der Waals surface area contributed by atoms with Gasteiger partial charge in [0.15, 0.2) is 0 Å². The zero-order chi connectivity index (χ0) is 14.2. The van der Waals surface area contributed by atoms with Gasteiger partial charge in [-0.25, -0.2) is 0 Å². The Hall–Kier alpha value is -0.830. The van der Waals surface area contributed by atoms with E-state index in [2.05, 4.69) is 24.1 Å². The molecule has 4 aliphatic carbocycles. The molecule has 0 saturated heterocycles. The van der Waals surface area contributed by atoms with Crippen LogP contribution < -0.4 is 10.6 Å². The molecule has 1 amide bonds. The lowest BCUT2D eigenvalue weighted by Crippen LogP contribution is -2.56. The number of carbonyl (C=O) groups excluding carboxylic acids is 1. The summed E-state index contributed by atoms with van der Waals surface area (Å²) in [5.41, 5.74) is 0.406. The Balaban J connectivity index is 1.58. The Morgan fingerprint density at radius 1 is 1.25 bits per heavy atom. The molecule has 4 aliphatic rings. The van der Waals surface area contributed by atoms with Crippen molar-refractivity contribution in [1.82, 2.24) is 10.6 Å². The van der Waals surface area contributed by atoms with Gasteiger partial charge in [-0.3, -0.25) is 4.79 Å². The zero-order valence-electron chi connectivity index (χ0n) is 12.7. The molecule has 0 aromatic heterocycles. The third-order valence-electron chi connectivity index (χ3n) is 5.96. The second-order valence-electron chi connectivity index (χ2n) is 7.49. The van der Waals surface area contributed by atoms with Gasteiger partial charge >= 0.3 is 0 Å². The molecular formula is C17H28N2O. The fraction of sp³-hybridized carbons (Fsp3) is 0.824. The standard InChI is InChI=1S/C17H28N2O/c1-3-4-18-11-16(20)19-12(2)17-8-13-5-14(9-17)7-15(6-13)10-17/h3,12-15,18H,1,4-11H2,2H3,(H,19,20). The van der Waals surface area contributed by atoms with Crippen molar-refractivity contribution in [1.29, 1.82) is 0 Å². The highest BCUT2D eigenvalue weighted by Crippen LogP contribution is 2.61. The molecule has 20 heavy (non-hydrogen) atoms. The van der Waals surface area contributed by atoms with Gasteiger partial charge in [0.1, 0.15) is 0 Å². The van der Waals surface area contributed by atoms with E-state index in [1.165, 1.54) is 38.5 Å². The molecule has 4 rings (SSSR count). The summed E-state index contributed by atoms with van der Waals surface area (Å²) >= 11 is 0. The van der Waals surface area contributed by atoms with E-state index in [1.54, 1.807) is 6.08 Å². The highest BCUT2D eigenvalue weighted by Gasteiger charge is 2.53. The molecule has 0 aromatic carbocycles. The van der Waals surface area contributed by atoms with E-state index in [-0.39, 0.29) is 5.91 Å². The Morgan fingerprint density at radius 2 is 1.80 bits per heavy atom. The first-order chi connectivity index (χ1) is 9.61. The molecular weight excluding hydrogens is 248 g/mol. The molecule has 3 nitrogen and oxygen atoms in total. The molecule has 4 bridgehead atoms. The third-order valence-corrected chi connectivity index (χ3v) is 5.96. The number of hydrogen-bond acceptors (Lipinski definition) is 2. The Morgan fingerprint density at radius 3 is 2.30 bits per heavy atom. The minimum Gasteiger partial charge on any atom is -0.352 e. The maximum atomic E-state index is 12.0. The van der Waals surface area contributed by atoms with Crippen LogP contribution in [0.15, 0.2) is 12.7 Å². The number of nitrogens with one attached hydrogen (secondary N) is 2. The average molecular weight is 276 g/mol. The Bertz CT molecular complexity index is 355. The van der Waals surface area contributed by atoms with Gasteiger partial charge in [-0.05, 0) is 68.6 Å². The van der Waals surface area contributed by atoms with Crippen molar-refractivity contribution in [2.75, 3.05) is 13.1 Å². The van der Waals surface area contributed by atoms with Crippen molar-refractivity contribution in [2.45, 2.75) is 51.5 Å². The Kier molecular flexibility index (Phi) is 3.89. The summed E-state index contributed by atoms with van der Waals surface area (Å²) in [6.07, 6.45) is 10.2. The SMILES string of the molecule is C=CCNCC(=O)NC(C)C12CC3CC(CC(C3)C1)C2. The van der Waals surface area contributed by atoms with Crippen LogP contribution in [-0.2, 0) is 4.79 Å². The van der Waals surface area contributed by atoms with Crippen molar-refractivity contribution < 1.29 is 4.79 Å². The highest BCUT2D eigenvalue weighted by molar-refractivity contribution is 5.78. The molecule has 1 atom stereocenters. The summed E-state index contributed by atoms with van der Waals surface area (Å²) in [6, 6.07) is 0.328. The fourth-order valence-corrected chi connectivity index (χ4v) is 5.44. The molecule has 2 N–H and O–H groups in total. The molecule has 0 aliphatic heterocycles. The van der Waals surface area contributed by atoms with Crippen molar-refractivity contribution in [3.05, 3.63) is 12.7 Å². The lowest BCUT2D eigenvalue weighted by atomic mass is 9.48. The van der Waals surface area contributed by atoms with E-state index in [9.17, 15) is 4.79 Å². The maximum absolute atomic E-state index is 12.0. The van der Waals surface area contributed by atoms with Crippen molar-refractivity contribution >= 4 is 5.91 Å². The molecule has 0 spiro atoms. The van der Waals surface area contributed by atoms with Gasteiger partial charge in [-0.1, -0.05) is 6.08 Å². The smallest absolute Gasteiger partial charge is 0.234 e. The molecule has 0 heterocycles. The first-order valence-electron chi connectivity index (χ1n) is 8.22. The van der Waals surface area contributed by atoms with Gasteiger partial charge < -0.3 is 10.6 Å². The average Bonchev–Trinajstić information content (AvgIpc) is 2.37. The van der Waals surface area contributed by atoms with Gasteiger partial charge in [0.05, 0.1) is 6.54 Å². The topological polar surface area (TPSA) is 41.1 Å². The summed E-state index contributed by atoms with van der Waals surface area (Å²) < 4.78 is 0. The van der Waals surface area contributed by atoms with E-state index in [4.69, 9.17) is 0 Å². The van der Waals surface area contributed by atoms with Crippen LogP contribution in [0.2, 0.25) is 0 Å². The lowest BCUT2D eigenvalue weighted by Gasteiger charge is -2.59. The summed E-state index contributed by atoms with van der Waals surface area (Å²) in [4.78, 5) is 12.0. The van der Waals surface area contributed by atoms with E-state index in [0.29, 0.717) is 24.5 Å². The zero-order valence-corrected chi connectivity index (χ0v) is 12.7. The van der Waals surface area contributed by atoms with Crippen LogP contribution in [0.1, 0.15) is 45.4 Å². The number of hydrogen-bond donors (Lipinski definition) is 2. The van der Waals surface area contributed by atoms with E-state index < -0.39 is 0 Å². The van der Waals surface area contributed by atoms with E-state index in [1.807, 2.05) is 0 Å². The summed E-state index contributed by atoms with van der Waals surface area (Å²) in [5, 5.41) is 6.34. The highest BCUT2D eigenvalue weighted by atomic mass is 16.2. The van der Waals surface area contributed by atoms with Crippen LogP contribution in [0.4, 0.5) is 0 Å². The first-order valence-corrected chi connectivity index (χ1v) is 8.22. The van der Waals surface area contributed by atoms with Gasteiger partial charge in [0.2, 0.25) is 5.91 Å². The van der Waals surface area contributed by atoms with Crippen molar-refractivity contribution in [3.63, 3.8) is 0 Å². The first kappa shape index (κ1) is 14.1. The lowest BCUT2D eigenvalue weighted by molar-refractivity contribution is -0.125. The maximum Gasteiger partial charge on any atom is 0.234 e. The number of carbonyl (C=O) groups is 1. The predicted octanol–water partition coefficient (Wildman–Crippen LogP) is 2.48. The van der Waals surface area contributed by atoms with Crippen LogP contribution >= 0.6 is 0 Å². The number of amides is 1. The summed E-state index contributed by atoms with van der Waals surface area (Å²) in [7, 11) is 0. The minimum atomic E-state index is 0.134. The third kappa shape index (κ3) is 2.65. The fourth-order valence-electron chi connectivity index (χ4n) is 5.44. The van der Waals surface area contributed by atoms with Crippen molar-refractivity contribution in [3.8, 4) is 0 Å². The molecule has 112 valence electrons.